The second kappa shape index (κ2) is 5.73. The largest absolute Gasteiger partial charge is 0.394 e. The number of rotatable bonds is 3. The highest BCUT2D eigenvalue weighted by molar-refractivity contribution is 14.1. The van der Waals surface area contributed by atoms with Gasteiger partial charge >= 0.3 is 5.69 Å². The van der Waals surface area contributed by atoms with E-state index >= 15 is 0 Å². The second-order valence-electron chi connectivity index (χ2n) is 4.36. The average molecular weight is 382 g/mol. The van der Waals surface area contributed by atoms with E-state index in [-0.39, 0.29) is 10.5 Å². The van der Waals surface area contributed by atoms with Gasteiger partial charge in [0.2, 0.25) is 0 Å². The van der Waals surface area contributed by atoms with Crippen LogP contribution < -0.4 is 11.2 Å². The van der Waals surface area contributed by atoms with Gasteiger partial charge in [-0.3, -0.25) is 14.3 Å². The van der Waals surface area contributed by atoms with Gasteiger partial charge in [-0.25, -0.2) is 4.79 Å². The Balaban J connectivity index is 2.43. The molecule has 7 nitrogen and oxygen atoms in total. The Hall–Kier alpha value is -0.710. The van der Waals surface area contributed by atoms with Crippen molar-refractivity contribution in [2.24, 2.45) is 0 Å². The summed E-state index contributed by atoms with van der Waals surface area (Å²) in [6, 6.07) is 0. The number of aromatic amines is 1. The fourth-order valence-electron chi connectivity index (χ4n) is 2.05. The standard InChI is InChI=1S/C11H15IN2O5/c1-2-5-3-14(11(18)13-9(5)17)10-7(12)8(16)6(4-15)19-10/h3,6-8,10,15-16H,2,4H2,1H3,(H,13,17,18)/t6-,7-,8-,10-/m1/s1. The molecule has 1 aliphatic rings. The number of hydrogen-bond acceptors (Lipinski definition) is 5. The molecule has 0 unspecified atom stereocenters. The minimum atomic E-state index is -0.862. The van der Waals surface area contributed by atoms with Crippen LogP contribution >= 0.6 is 22.6 Å². The van der Waals surface area contributed by atoms with E-state index in [2.05, 4.69) is 4.98 Å². The minimum Gasteiger partial charge on any atom is -0.394 e. The molecule has 1 fully saturated rings. The molecule has 1 aromatic heterocycles. The maximum Gasteiger partial charge on any atom is 0.330 e. The molecule has 4 atom stereocenters. The molecule has 0 spiro atoms. The first kappa shape index (κ1) is 14.7. The lowest BCUT2D eigenvalue weighted by atomic mass is 10.2. The molecule has 0 saturated carbocycles. The highest BCUT2D eigenvalue weighted by Crippen LogP contribution is 2.33. The van der Waals surface area contributed by atoms with Crippen LogP contribution in [0.25, 0.3) is 0 Å². The number of ether oxygens (including phenoxy) is 1. The number of H-pyrrole nitrogens is 1. The Bertz CT molecular complexity index is 569. The Kier molecular flexibility index (Phi) is 4.43. The zero-order valence-electron chi connectivity index (χ0n) is 10.2. The lowest BCUT2D eigenvalue weighted by Gasteiger charge is -2.17. The molecule has 1 saturated heterocycles. The maximum absolute atomic E-state index is 11.8. The van der Waals surface area contributed by atoms with Crippen molar-refractivity contribution in [1.29, 1.82) is 0 Å². The first-order valence-electron chi connectivity index (χ1n) is 5.92. The fourth-order valence-corrected chi connectivity index (χ4v) is 3.03. The van der Waals surface area contributed by atoms with E-state index in [1.165, 1.54) is 10.8 Å². The van der Waals surface area contributed by atoms with E-state index in [1.807, 2.05) is 29.5 Å². The Morgan fingerprint density at radius 3 is 2.74 bits per heavy atom. The summed E-state index contributed by atoms with van der Waals surface area (Å²) in [5.41, 5.74) is -0.528. The minimum absolute atomic E-state index is 0.324. The molecule has 8 heteroatoms. The quantitative estimate of drug-likeness (QED) is 0.467. The van der Waals surface area contributed by atoms with Crippen molar-refractivity contribution in [2.45, 2.75) is 35.7 Å². The average Bonchev–Trinajstić information content (AvgIpc) is 2.67. The Labute approximate surface area is 122 Å². The third-order valence-electron chi connectivity index (χ3n) is 3.17. The molecule has 2 heterocycles. The molecule has 1 aliphatic heterocycles. The smallest absolute Gasteiger partial charge is 0.330 e. The predicted octanol–water partition coefficient (Wildman–Crippen LogP) is -0.847. The molecule has 19 heavy (non-hydrogen) atoms. The molecule has 0 aromatic carbocycles. The van der Waals surface area contributed by atoms with Crippen molar-refractivity contribution in [3.63, 3.8) is 0 Å². The van der Waals surface area contributed by atoms with Gasteiger partial charge in [0.1, 0.15) is 6.10 Å². The van der Waals surface area contributed by atoms with Gasteiger partial charge in [0.15, 0.2) is 6.23 Å². The summed E-state index contributed by atoms with van der Waals surface area (Å²) in [5.74, 6) is 0. The number of nitrogens with zero attached hydrogens (tertiary/aromatic N) is 1. The van der Waals surface area contributed by atoms with E-state index in [9.17, 15) is 14.7 Å². The van der Waals surface area contributed by atoms with Crippen LogP contribution in [-0.4, -0.2) is 42.5 Å². The number of halogens is 1. The molecule has 106 valence electrons. The number of aliphatic hydroxyl groups is 2. The summed E-state index contributed by atoms with van der Waals surface area (Å²) in [6.07, 6.45) is -0.359. The van der Waals surface area contributed by atoms with Crippen LogP contribution in [0, 0.1) is 0 Å². The van der Waals surface area contributed by atoms with Gasteiger partial charge in [0.25, 0.3) is 5.56 Å². The molecule has 0 aliphatic carbocycles. The van der Waals surface area contributed by atoms with Crippen LogP contribution in [0.1, 0.15) is 18.7 Å². The SMILES string of the molecule is CCc1cn([C@@H]2O[C@H](CO)[C@@H](O)[C@H]2I)c(=O)[nH]c1=O. The topological polar surface area (TPSA) is 105 Å². The third kappa shape index (κ3) is 2.62. The number of aryl methyl sites for hydroxylation is 1. The van der Waals surface area contributed by atoms with E-state index in [1.54, 1.807) is 0 Å². The molecular weight excluding hydrogens is 367 g/mol. The molecule has 0 bridgehead atoms. The Morgan fingerprint density at radius 2 is 2.21 bits per heavy atom. The number of aromatic nitrogens is 2. The lowest BCUT2D eigenvalue weighted by molar-refractivity contribution is -0.0456. The monoisotopic (exact) mass is 382 g/mol. The summed E-state index contributed by atoms with van der Waals surface area (Å²) in [5, 5.41) is 19.0. The molecule has 0 amide bonds. The summed E-state index contributed by atoms with van der Waals surface area (Å²) in [4.78, 5) is 25.6. The number of aliphatic hydroxyl groups excluding tert-OH is 2. The molecule has 3 N–H and O–H groups in total. The van der Waals surface area contributed by atoms with Gasteiger partial charge in [0.05, 0.1) is 16.6 Å². The molecule has 1 aromatic rings. The predicted molar refractivity (Wildman–Crippen MR) is 75.5 cm³/mol. The van der Waals surface area contributed by atoms with Crippen LogP contribution in [0.15, 0.2) is 15.8 Å². The highest BCUT2D eigenvalue weighted by atomic mass is 127. The zero-order valence-corrected chi connectivity index (χ0v) is 12.4. The highest BCUT2D eigenvalue weighted by Gasteiger charge is 2.43. The van der Waals surface area contributed by atoms with Gasteiger partial charge in [0, 0.05) is 11.8 Å². The van der Waals surface area contributed by atoms with E-state index in [0.29, 0.717) is 12.0 Å². The van der Waals surface area contributed by atoms with E-state index < -0.39 is 29.7 Å². The van der Waals surface area contributed by atoms with Gasteiger partial charge in [-0.15, -0.1) is 0 Å². The third-order valence-corrected chi connectivity index (χ3v) is 4.52. The number of alkyl halides is 1. The maximum atomic E-state index is 11.8. The summed E-state index contributed by atoms with van der Waals surface area (Å²) in [6.45, 7) is 1.48. The molecular formula is C11H15IN2O5. The van der Waals surface area contributed by atoms with Crippen LogP contribution in [-0.2, 0) is 11.2 Å². The van der Waals surface area contributed by atoms with E-state index in [4.69, 9.17) is 9.84 Å². The van der Waals surface area contributed by atoms with Crippen LogP contribution in [0.4, 0.5) is 0 Å². The van der Waals surface area contributed by atoms with Gasteiger partial charge in [-0.1, -0.05) is 29.5 Å². The van der Waals surface area contributed by atoms with E-state index in [0.717, 1.165) is 0 Å². The normalized spacial score (nSPS) is 30.7. The van der Waals surface area contributed by atoms with Crippen molar-refractivity contribution in [2.75, 3.05) is 6.61 Å². The number of hydrogen-bond donors (Lipinski definition) is 3. The van der Waals surface area contributed by atoms with Gasteiger partial charge < -0.3 is 14.9 Å². The first-order valence-corrected chi connectivity index (χ1v) is 7.17. The van der Waals surface area contributed by atoms with Crippen molar-refractivity contribution in [3.8, 4) is 0 Å². The van der Waals surface area contributed by atoms with Crippen molar-refractivity contribution in [1.82, 2.24) is 9.55 Å². The Morgan fingerprint density at radius 1 is 1.53 bits per heavy atom. The van der Waals surface area contributed by atoms with Crippen molar-refractivity contribution in [3.05, 3.63) is 32.6 Å². The summed E-state index contributed by atoms with van der Waals surface area (Å²) >= 11 is 1.97. The lowest BCUT2D eigenvalue weighted by Crippen LogP contribution is -2.36. The molecule has 0 radical (unpaired) electrons. The zero-order chi connectivity index (χ0) is 14.2. The fraction of sp³-hybridized carbons (Fsp3) is 0.636. The first-order chi connectivity index (χ1) is 8.99. The van der Waals surface area contributed by atoms with Crippen LogP contribution in [0.5, 0.6) is 0 Å². The molecule has 2 rings (SSSR count). The van der Waals surface area contributed by atoms with Gasteiger partial charge in [-0.2, -0.15) is 0 Å². The second-order valence-corrected chi connectivity index (χ2v) is 5.80. The summed E-state index contributed by atoms with van der Waals surface area (Å²) < 4.78 is 6.35. The van der Waals surface area contributed by atoms with Crippen LogP contribution in [0.2, 0.25) is 0 Å². The summed E-state index contributed by atoms with van der Waals surface area (Å²) in [7, 11) is 0. The van der Waals surface area contributed by atoms with Gasteiger partial charge in [-0.05, 0) is 6.42 Å². The number of nitrogens with one attached hydrogen (secondary N) is 1. The van der Waals surface area contributed by atoms with Crippen molar-refractivity contribution >= 4 is 22.6 Å². The van der Waals surface area contributed by atoms with Crippen molar-refractivity contribution < 1.29 is 14.9 Å². The van der Waals surface area contributed by atoms with Crippen LogP contribution in [0.3, 0.4) is 0 Å².